The first-order valence-corrected chi connectivity index (χ1v) is 9.40. The number of hydrogen-bond donors (Lipinski definition) is 0. The molecular formula is C21H24F3NO3. The second kappa shape index (κ2) is 8.82. The molecule has 4 nitrogen and oxygen atoms in total. The minimum Gasteiger partial charge on any atom is -0.469 e. The highest BCUT2D eigenvalue weighted by atomic mass is 19.4. The summed E-state index contributed by atoms with van der Waals surface area (Å²) in [6.07, 6.45) is -0.239. The number of furan rings is 1. The van der Waals surface area contributed by atoms with E-state index in [2.05, 4.69) is 4.90 Å². The molecule has 0 bridgehead atoms. The lowest BCUT2D eigenvalue weighted by Gasteiger charge is -2.39. The number of aryl methyl sites for hydroxylation is 1. The van der Waals surface area contributed by atoms with Crippen LogP contribution in [0.2, 0.25) is 0 Å². The number of piperidine rings is 1. The van der Waals surface area contributed by atoms with E-state index in [1.165, 1.54) is 12.1 Å². The molecule has 0 spiro atoms. The van der Waals surface area contributed by atoms with Crippen molar-refractivity contribution in [3.8, 4) is 0 Å². The molecule has 0 unspecified atom stereocenters. The van der Waals surface area contributed by atoms with Crippen LogP contribution in [0.25, 0.3) is 0 Å². The fraction of sp³-hybridized carbons (Fsp3) is 0.476. The minimum absolute atomic E-state index is 0.0445. The monoisotopic (exact) mass is 395 g/mol. The maximum absolute atomic E-state index is 12.8. The molecule has 0 radical (unpaired) electrons. The van der Waals surface area contributed by atoms with Crippen molar-refractivity contribution in [3.63, 3.8) is 0 Å². The first-order chi connectivity index (χ1) is 13.3. The fourth-order valence-corrected chi connectivity index (χ4v) is 3.78. The van der Waals surface area contributed by atoms with Crippen LogP contribution in [0.1, 0.15) is 42.2 Å². The van der Waals surface area contributed by atoms with Gasteiger partial charge in [0, 0.05) is 18.4 Å². The van der Waals surface area contributed by atoms with Crippen LogP contribution in [-0.2, 0) is 22.1 Å². The summed E-state index contributed by atoms with van der Waals surface area (Å²) in [4.78, 5) is 14.2. The Balaban J connectivity index is 1.61. The van der Waals surface area contributed by atoms with E-state index in [4.69, 9.17) is 9.15 Å². The van der Waals surface area contributed by atoms with Gasteiger partial charge in [-0.2, -0.15) is 13.2 Å². The lowest BCUT2D eigenvalue weighted by molar-refractivity contribution is -0.146. The molecule has 1 aromatic carbocycles. The van der Waals surface area contributed by atoms with Gasteiger partial charge in [0.25, 0.3) is 0 Å². The van der Waals surface area contributed by atoms with Gasteiger partial charge in [-0.1, -0.05) is 12.1 Å². The average molecular weight is 395 g/mol. The standard InChI is InChI=1S/C21H24F3NO3/c1-25-12-2-4-16(14-28-19(26)11-10-18-5-3-13-27-18)20(25)15-6-8-17(9-7-15)21(22,23)24/h3,5-9,13,16,20H,2,4,10-12,14H2,1H3/t16-,20-/m0/s1. The van der Waals surface area contributed by atoms with Gasteiger partial charge >= 0.3 is 12.1 Å². The first kappa shape index (κ1) is 20.5. The Morgan fingerprint density at radius 3 is 2.64 bits per heavy atom. The number of ether oxygens (including phenoxy) is 1. The Kier molecular flexibility index (Phi) is 6.44. The number of esters is 1. The quantitative estimate of drug-likeness (QED) is 0.656. The van der Waals surface area contributed by atoms with E-state index in [0.717, 1.165) is 42.8 Å². The summed E-state index contributed by atoms with van der Waals surface area (Å²) >= 11 is 0. The second-order valence-electron chi connectivity index (χ2n) is 7.21. The normalized spacial score (nSPS) is 20.9. The number of carbonyl (C=O) groups is 1. The summed E-state index contributed by atoms with van der Waals surface area (Å²) < 4.78 is 49.2. The van der Waals surface area contributed by atoms with Gasteiger partial charge in [0.1, 0.15) is 5.76 Å². The third-order valence-corrected chi connectivity index (χ3v) is 5.20. The van der Waals surface area contributed by atoms with Crippen molar-refractivity contribution < 1.29 is 27.1 Å². The molecule has 1 saturated heterocycles. The summed E-state index contributed by atoms with van der Waals surface area (Å²) in [7, 11) is 1.95. The topological polar surface area (TPSA) is 42.7 Å². The zero-order valence-electron chi connectivity index (χ0n) is 15.7. The zero-order valence-corrected chi connectivity index (χ0v) is 15.7. The molecule has 1 aromatic heterocycles. The van der Waals surface area contributed by atoms with Crippen molar-refractivity contribution in [2.45, 2.75) is 37.9 Å². The molecule has 1 aliphatic heterocycles. The molecule has 1 fully saturated rings. The lowest BCUT2D eigenvalue weighted by atomic mass is 9.85. The molecule has 1 aliphatic rings. The van der Waals surface area contributed by atoms with Gasteiger partial charge in [-0.3, -0.25) is 9.69 Å². The van der Waals surface area contributed by atoms with Gasteiger partial charge in [0.15, 0.2) is 0 Å². The minimum atomic E-state index is -4.35. The number of nitrogens with zero attached hydrogens (tertiary/aromatic N) is 1. The number of rotatable bonds is 6. The molecule has 3 rings (SSSR count). The Morgan fingerprint density at radius 1 is 1.25 bits per heavy atom. The molecule has 2 heterocycles. The van der Waals surface area contributed by atoms with E-state index in [0.29, 0.717) is 6.42 Å². The van der Waals surface area contributed by atoms with E-state index in [9.17, 15) is 18.0 Å². The van der Waals surface area contributed by atoms with Gasteiger partial charge in [-0.05, 0) is 56.3 Å². The SMILES string of the molecule is CN1CCC[C@@H](COC(=O)CCc2ccco2)[C@@H]1c1ccc(C(F)(F)F)cc1. The van der Waals surface area contributed by atoms with Crippen molar-refractivity contribution in [3.05, 3.63) is 59.5 Å². The lowest BCUT2D eigenvalue weighted by Crippen LogP contribution is -2.38. The molecule has 0 aliphatic carbocycles. The fourth-order valence-electron chi connectivity index (χ4n) is 3.78. The maximum atomic E-state index is 12.8. The molecule has 0 N–H and O–H groups in total. The number of alkyl halides is 3. The molecule has 0 saturated carbocycles. The van der Waals surface area contributed by atoms with Gasteiger partial charge in [0.2, 0.25) is 0 Å². The Labute approximate surface area is 162 Å². The Hall–Kier alpha value is -2.28. The smallest absolute Gasteiger partial charge is 0.416 e. The first-order valence-electron chi connectivity index (χ1n) is 9.40. The van der Waals surface area contributed by atoms with Gasteiger partial charge < -0.3 is 9.15 Å². The van der Waals surface area contributed by atoms with E-state index >= 15 is 0 Å². The molecule has 28 heavy (non-hydrogen) atoms. The van der Waals surface area contributed by atoms with Crippen molar-refractivity contribution in [2.75, 3.05) is 20.2 Å². The second-order valence-corrected chi connectivity index (χ2v) is 7.21. The van der Waals surface area contributed by atoms with Crippen molar-refractivity contribution >= 4 is 5.97 Å². The predicted octanol–water partition coefficient (Wildman–Crippen LogP) is 4.86. The third kappa shape index (κ3) is 5.16. The molecule has 7 heteroatoms. The summed E-state index contributed by atoms with van der Waals surface area (Å²) in [6.45, 7) is 1.11. The highest BCUT2D eigenvalue weighted by Crippen LogP contribution is 2.37. The average Bonchev–Trinajstić information content (AvgIpc) is 3.18. The van der Waals surface area contributed by atoms with E-state index in [-0.39, 0.29) is 31.0 Å². The summed E-state index contributed by atoms with van der Waals surface area (Å²) in [5, 5.41) is 0. The van der Waals surface area contributed by atoms with Crippen molar-refractivity contribution in [1.82, 2.24) is 4.90 Å². The van der Waals surface area contributed by atoms with Crippen LogP contribution in [0.5, 0.6) is 0 Å². The number of halogens is 3. The van der Waals surface area contributed by atoms with Crippen molar-refractivity contribution in [1.29, 1.82) is 0 Å². The Bertz CT molecular complexity index is 756. The van der Waals surface area contributed by atoms with Crippen LogP contribution in [0.15, 0.2) is 47.1 Å². The van der Waals surface area contributed by atoms with Crippen LogP contribution >= 0.6 is 0 Å². The summed E-state index contributed by atoms with van der Waals surface area (Å²) in [6, 6.07) is 8.79. The number of carbonyl (C=O) groups excluding carboxylic acids is 1. The van der Waals surface area contributed by atoms with Gasteiger partial charge in [0.05, 0.1) is 24.9 Å². The molecule has 0 amide bonds. The van der Waals surface area contributed by atoms with Crippen LogP contribution in [-0.4, -0.2) is 31.1 Å². The zero-order chi connectivity index (χ0) is 20.1. The van der Waals surface area contributed by atoms with Crippen LogP contribution in [0, 0.1) is 5.92 Å². The molecule has 2 aromatic rings. The highest BCUT2D eigenvalue weighted by Gasteiger charge is 2.33. The third-order valence-electron chi connectivity index (χ3n) is 5.20. The van der Waals surface area contributed by atoms with Crippen LogP contribution in [0.3, 0.4) is 0 Å². The number of benzene rings is 1. The maximum Gasteiger partial charge on any atom is 0.416 e. The molecule has 2 atom stereocenters. The largest absolute Gasteiger partial charge is 0.469 e. The molecular weight excluding hydrogens is 371 g/mol. The van der Waals surface area contributed by atoms with Crippen molar-refractivity contribution in [2.24, 2.45) is 5.92 Å². The van der Waals surface area contributed by atoms with Gasteiger partial charge in [-0.25, -0.2) is 0 Å². The molecule has 152 valence electrons. The van der Waals surface area contributed by atoms with Gasteiger partial charge in [-0.15, -0.1) is 0 Å². The van der Waals surface area contributed by atoms with E-state index in [1.807, 2.05) is 13.1 Å². The van der Waals surface area contributed by atoms with E-state index in [1.54, 1.807) is 12.3 Å². The number of likely N-dealkylation sites (tertiary alicyclic amines) is 1. The van der Waals surface area contributed by atoms with E-state index < -0.39 is 11.7 Å². The predicted molar refractivity (Wildman–Crippen MR) is 97.5 cm³/mol. The summed E-state index contributed by atoms with van der Waals surface area (Å²) in [5.41, 5.74) is 0.155. The summed E-state index contributed by atoms with van der Waals surface area (Å²) in [5.74, 6) is 0.482. The van der Waals surface area contributed by atoms with Crippen LogP contribution in [0.4, 0.5) is 13.2 Å². The van der Waals surface area contributed by atoms with Crippen LogP contribution < -0.4 is 0 Å². The highest BCUT2D eigenvalue weighted by molar-refractivity contribution is 5.69. The Morgan fingerprint density at radius 2 is 2.00 bits per heavy atom. The number of hydrogen-bond acceptors (Lipinski definition) is 4.